The zero-order valence-corrected chi connectivity index (χ0v) is 19.2. The van der Waals surface area contributed by atoms with E-state index in [-0.39, 0.29) is 19.2 Å². The van der Waals surface area contributed by atoms with Gasteiger partial charge in [-0.15, -0.1) is 0 Å². The van der Waals surface area contributed by atoms with E-state index in [1.54, 1.807) is 0 Å². The SMILES string of the molecule is CC(C)CCCCCCC(=O)O.CC(C)CCCCCCC(=O)OCC(O)CO. The zero-order chi connectivity index (χ0) is 22.5. The van der Waals surface area contributed by atoms with Gasteiger partial charge in [0.1, 0.15) is 12.7 Å². The molecule has 6 nitrogen and oxygen atoms in total. The molecule has 0 radical (unpaired) electrons. The second-order valence-electron chi connectivity index (χ2n) is 8.61. The lowest BCUT2D eigenvalue weighted by atomic mass is 10.0. The Morgan fingerprint density at radius 2 is 1.21 bits per heavy atom. The van der Waals surface area contributed by atoms with Crippen LogP contribution in [0.2, 0.25) is 0 Å². The van der Waals surface area contributed by atoms with Gasteiger partial charge in [-0.2, -0.15) is 0 Å². The number of unbranched alkanes of at least 4 members (excludes halogenated alkanes) is 6. The highest BCUT2D eigenvalue weighted by Crippen LogP contribution is 2.11. The van der Waals surface area contributed by atoms with Gasteiger partial charge in [0.05, 0.1) is 6.61 Å². The van der Waals surface area contributed by atoms with E-state index in [4.69, 9.17) is 20.1 Å². The van der Waals surface area contributed by atoms with E-state index in [0.29, 0.717) is 12.8 Å². The number of aliphatic carboxylic acids is 1. The minimum atomic E-state index is -0.954. The van der Waals surface area contributed by atoms with Crippen LogP contribution in [0.3, 0.4) is 0 Å². The number of hydrogen-bond donors (Lipinski definition) is 3. The van der Waals surface area contributed by atoms with Crippen LogP contribution in [-0.2, 0) is 14.3 Å². The molecule has 0 heterocycles. The Kier molecular flexibility index (Phi) is 22.4. The standard InChI is InChI=1S/C13H26O4.C10H20O2/c1-11(2)7-5-3-4-6-8-13(16)17-10-12(15)9-14;1-9(2)7-5-3-4-6-8-10(11)12/h11-12,14-15H,3-10H2,1-2H3;9H,3-8H2,1-2H3,(H,11,12). The lowest BCUT2D eigenvalue weighted by Crippen LogP contribution is -2.21. The molecule has 3 N–H and O–H groups in total. The fourth-order valence-corrected chi connectivity index (χ4v) is 2.67. The van der Waals surface area contributed by atoms with Crippen molar-refractivity contribution in [3.8, 4) is 0 Å². The van der Waals surface area contributed by atoms with Gasteiger partial charge in [-0.3, -0.25) is 9.59 Å². The maximum Gasteiger partial charge on any atom is 0.305 e. The molecule has 0 aromatic rings. The van der Waals surface area contributed by atoms with Crippen LogP contribution in [0.1, 0.15) is 105 Å². The van der Waals surface area contributed by atoms with Crippen molar-refractivity contribution in [2.24, 2.45) is 11.8 Å². The summed E-state index contributed by atoms with van der Waals surface area (Å²) in [6.07, 6.45) is 10.9. The molecular formula is C23H46O6. The first-order valence-corrected chi connectivity index (χ1v) is 11.3. The number of ether oxygens (including phenoxy) is 1. The number of aliphatic hydroxyl groups is 2. The van der Waals surface area contributed by atoms with E-state index in [0.717, 1.165) is 43.9 Å². The van der Waals surface area contributed by atoms with E-state index in [2.05, 4.69) is 27.7 Å². The largest absolute Gasteiger partial charge is 0.481 e. The highest BCUT2D eigenvalue weighted by Gasteiger charge is 2.07. The van der Waals surface area contributed by atoms with Crippen LogP contribution in [0.15, 0.2) is 0 Å². The zero-order valence-electron chi connectivity index (χ0n) is 19.2. The Bertz CT molecular complexity index is 382. The van der Waals surface area contributed by atoms with E-state index in [1.807, 2.05) is 0 Å². The summed E-state index contributed by atoms with van der Waals surface area (Å²) in [6.45, 7) is 8.38. The first-order chi connectivity index (χ1) is 13.7. The number of carboxylic acids is 1. The monoisotopic (exact) mass is 418 g/mol. The highest BCUT2D eigenvalue weighted by atomic mass is 16.5. The molecule has 29 heavy (non-hydrogen) atoms. The van der Waals surface area contributed by atoms with Gasteiger partial charge in [-0.25, -0.2) is 0 Å². The van der Waals surface area contributed by atoms with Crippen LogP contribution >= 0.6 is 0 Å². The number of rotatable bonds is 17. The van der Waals surface area contributed by atoms with Crippen LogP contribution < -0.4 is 0 Å². The molecule has 0 spiro atoms. The third-order valence-electron chi connectivity index (χ3n) is 4.48. The van der Waals surface area contributed by atoms with Crippen molar-refractivity contribution in [3.63, 3.8) is 0 Å². The van der Waals surface area contributed by atoms with Crippen LogP contribution in [0.4, 0.5) is 0 Å². The van der Waals surface area contributed by atoms with Gasteiger partial charge in [0.25, 0.3) is 0 Å². The molecule has 0 saturated carbocycles. The molecule has 0 aromatic heterocycles. The van der Waals surface area contributed by atoms with Crippen LogP contribution in [0.5, 0.6) is 0 Å². The summed E-state index contributed by atoms with van der Waals surface area (Å²) in [5.41, 5.74) is 0. The minimum absolute atomic E-state index is 0.108. The summed E-state index contributed by atoms with van der Waals surface area (Å²) in [7, 11) is 0. The fraction of sp³-hybridized carbons (Fsp3) is 0.913. The number of esters is 1. The Labute approximate surface area is 178 Å². The van der Waals surface area contributed by atoms with Crippen molar-refractivity contribution in [1.82, 2.24) is 0 Å². The number of carbonyl (C=O) groups is 2. The van der Waals surface area contributed by atoms with E-state index in [9.17, 15) is 9.59 Å². The predicted octanol–water partition coefficient (Wildman–Crippen LogP) is 4.95. The molecule has 0 bridgehead atoms. The number of carboxylic acid groups (broad SMARTS) is 1. The lowest BCUT2D eigenvalue weighted by Gasteiger charge is -2.08. The molecule has 0 aromatic carbocycles. The van der Waals surface area contributed by atoms with Gasteiger partial charge in [-0.05, 0) is 24.7 Å². The Hall–Kier alpha value is -1.14. The van der Waals surface area contributed by atoms with Crippen molar-refractivity contribution in [3.05, 3.63) is 0 Å². The summed E-state index contributed by atoms with van der Waals surface area (Å²) in [4.78, 5) is 21.3. The van der Waals surface area contributed by atoms with E-state index in [1.165, 1.54) is 32.1 Å². The molecular weight excluding hydrogens is 372 g/mol. The molecule has 0 fully saturated rings. The number of aliphatic hydroxyl groups excluding tert-OH is 2. The topological polar surface area (TPSA) is 104 Å². The van der Waals surface area contributed by atoms with Crippen LogP contribution in [0, 0.1) is 11.8 Å². The molecule has 174 valence electrons. The quantitative estimate of drug-likeness (QED) is 0.228. The molecule has 1 unspecified atom stereocenters. The summed E-state index contributed by atoms with van der Waals surface area (Å²) < 4.78 is 4.79. The third kappa shape index (κ3) is 29.2. The first kappa shape index (κ1) is 30.1. The Balaban J connectivity index is 0. The number of hydrogen-bond acceptors (Lipinski definition) is 5. The average molecular weight is 419 g/mol. The first-order valence-electron chi connectivity index (χ1n) is 11.3. The summed E-state index contributed by atoms with van der Waals surface area (Å²) >= 11 is 0. The van der Waals surface area contributed by atoms with Crippen LogP contribution in [0.25, 0.3) is 0 Å². The third-order valence-corrected chi connectivity index (χ3v) is 4.48. The van der Waals surface area contributed by atoms with E-state index < -0.39 is 12.1 Å². The summed E-state index contributed by atoms with van der Waals surface area (Å²) in [5, 5.41) is 25.9. The normalized spacial score (nSPS) is 11.9. The Morgan fingerprint density at radius 1 is 0.759 bits per heavy atom. The van der Waals surface area contributed by atoms with Gasteiger partial charge in [0.2, 0.25) is 0 Å². The molecule has 0 rings (SSSR count). The summed E-state index contributed by atoms with van der Waals surface area (Å²) in [6, 6.07) is 0. The molecule has 0 aliphatic rings. The molecule has 0 aliphatic carbocycles. The van der Waals surface area contributed by atoms with Crippen molar-refractivity contribution >= 4 is 11.9 Å². The molecule has 0 saturated heterocycles. The van der Waals surface area contributed by atoms with Gasteiger partial charge in [0, 0.05) is 12.8 Å². The molecule has 1 atom stereocenters. The second kappa shape index (κ2) is 21.6. The Morgan fingerprint density at radius 3 is 1.62 bits per heavy atom. The van der Waals surface area contributed by atoms with Gasteiger partial charge < -0.3 is 20.1 Å². The van der Waals surface area contributed by atoms with Crippen molar-refractivity contribution < 1.29 is 29.6 Å². The molecule has 6 heteroatoms. The number of carbonyl (C=O) groups excluding carboxylic acids is 1. The highest BCUT2D eigenvalue weighted by molar-refractivity contribution is 5.69. The van der Waals surface area contributed by atoms with E-state index >= 15 is 0 Å². The minimum Gasteiger partial charge on any atom is -0.481 e. The smallest absolute Gasteiger partial charge is 0.305 e. The molecule has 0 aliphatic heterocycles. The van der Waals surface area contributed by atoms with Crippen LogP contribution in [-0.4, -0.2) is 46.6 Å². The molecule has 0 amide bonds. The second-order valence-corrected chi connectivity index (χ2v) is 8.61. The van der Waals surface area contributed by atoms with Gasteiger partial charge in [-0.1, -0.05) is 79.1 Å². The van der Waals surface area contributed by atoms with Gasteiger partial charge >= 0.3 is 11.9 Å². The fourth-order valence-electron chi connectivity index (χ4n) is 2.67. The van der Waals surface area contributed by atoms with Crippen molar-refractivity contribution in [1.29, 1.82) is 0 Å². The van der Waals surface area contributed by atoms with Crippen molar-refractivity contribution in [2.75, 3.05) is 13.2 Å². The maximum atomic E-state index is 11.2. The lowest BCUT2D eigenvalue weighted by molar-refractivity contribution is -0.147. The van der Waals surface area contributed by atoms with Gasteiger partial charge in [0.15, 0.2) is 0 Å². The maximum absolute atomic E-state index is 11.2. The predicted molar refractivity (Wildman–Crippen MR) is 117 cm³/mol. The van der Waals surface area contributed by atoms with Crippen molar-refractivity contribution in [2.45, 2.75) is 111 Å². The average Bonchev–Trinajstić information content (AvgIpc) is 2.65. The summed E-state index contributed by atoms with van der Waals surface area (Å²) in [5.74, 6) is 0.574.